The summed E-state index contributed by atoms with van der Waals surface area (Å²) in [6.07, 6.45) is 2.30. The summed E-state index contributed by atoms with van der Waals surface area (Å²) in [6, 6.07) is 9.53. The largest absolute Gasteiger partial charge is 0.453 e. The Labute approximate surface area is 224 Å². The minimum absolute atomic E-state index is 0.0531. The zero-order chi connectivity index (χ0) is 27.5. The molecule has 2 aromatic rings. The zero-order valence-corrected chi connectivity index (χ0v) is 21.5. The maximum Gasteiger partial charge on any atom is 0.411 e. The number of ether oxygens (including phenoxy) is 1. The van der Waals surface area contributed by atoms with E-state index in [0.717, 1.165) is 42.0 Å². The average Bonchev–Trinajstić information content (AvgIpc) is 3.71. The highest BCUT2D eigenvalue weighted by molar-refractivity contribution is 6.10. The SMILES string of the molecule is COC(=O)Nc1cc2c(cc1F)C1(CC2)NC(=O)N(CC(=O)N2Cc3ccccc3CC[C@]2(O)C2CC2)C1=O. The first-order chi connectivity index (χ1) is 18.7. The number of aliphatic hydroxyl groups is 1. The van der Waals surface area contributed by atoms with Crippen molar-refractivity contribution in [1.29, 1.82) is 0 Å². The fourth-order valence-corrected chi connectivity index (χ4v) is 6.27. The van der Waals surface area contributed by atoms with Crippen LogP contribution in [0.5, 0.6) is 0 Å². The number of hydrogen-bond acceptors (Lipinski definition) is 6. The van der Waals surface area contributed by atoms with Crippen molar-refractivity contribution in [1.82, 2.24) is 15.1 Å². The minimum atomic E-state index is -1.50. The number of imide groups is 1. The number of rotatable bonds is 4. The van der Waals surface area contributed by atoms with Crippen LogP contribution in [0.25, 0.3) is 0 Å². The van der Waals surface area contributed by atoms with E-state index in [1.54, 1.807) is 0 Å². The molecule has 0 radical (unpaired) electrons. The monoisotopic (exact) mass is 536 g/mol. The molecule has 2 fully saturated rings. The number of methoxy groups -OCH3 is 1. The lowest BCUT2D eigenvalue weighted by Crippen LogP contribution is -2.55. The average molecular weight is 537 g/mol. The highest BCUT2D eigenvalue weighted by Gasteiger charge is 2.57. The summed E-state index contributed by atoms with van der Waals surface area (Å²) in [5, 5.41) is 16.7. The van der Waals surface area contributed by atoms with E-state index in [0.29, 0.717) is 30.4 Å². The molecule has 204 valence electrons. The van der Waals surface area contributed by atoms with Crippen molar-refractivity contribution >= 4 is 29.6 Å². The van der Waals surface area contributed by atoms with Crippen LogP contribution in [-0.2, 0) is 39.3 Å². The van der Waals surface area contributed by atoms with Gasteiger partial charge in [-0.1, -0.05) is 24.3 Å². The van der Waals surface area contributed by atoms with E-state index in [1.807, 2.05) is 24.3 Å². The fraction of sp³-hybridized carbons (Fsp3) is 0.429. The van der Waals surface area contributed by atoms with Crippen molar-refractivity contribution in [2.45, 2.75) is 56.3 Å². The second-order valence-corrected chi connectivity index (χ2v) is 10.7. The number of halogens is 1. The van der Waals surface area contributed by atoms with Gasteiger partial charge in [0.25, 0.3) is 5.91 Å². The van der Waals surface area contributed by atoms with Crippen LogP contribution in [-0.4, -0.2) is 58.2 Å². The predicted molar refractivity (Wildman–Crippen MR) is 136 cm³/mol. The van der Waals surface area contributed by atoms with Crippen LogP contribution >= 0.6 is 0 Å². The lowest BCUT2D eigenvalue weighted by atomic mass is 9.91. The molecule has 1 saturated carbocycles. The third kappa shape index (κ3) is 4.03. The Hall–Kier alpha value is -3.99. The minimum Gasteiger partial charge on any atom is -0.453 e. The van der Waals surface area contributed by atoms with Gasteiger partial charge in [-0.25, -0.2) is 14.0 Å². The Bertz CT molecular complexity index is 1410. The first-order valence-corrected chi connectivity index (χ1v) is 13.1. The first kappa shape index (κ1) is 25.3. The summed E-state index contributed by atoms with van der Waals surface area (Å²) in [6.45, 7) is -0.357. The molecular formula is C28H29FN4O6. The Morgan fingerprint density at radius 1 is 1.13 bits per heavy atom. The van der Waals surface area contributed by atoms with Gasteiger partial charge < -0.3 is 20.1 Å². The quantitative estimate of drug-likeness (QED) is 0.516. The number of amides is 5. The lowest BCUT2D eigenvalue weighted by Gasteiger charge is -2.39. The van der Waals surface area contributed by atoms with Crippen LogP contribution in [0.3, 0.4) is 0 Å². The van der Waals surface area contributed by atoms with Crippen LogP contribution in [0.15, 0.2) is 36.4 Å². The van der Waals surface area contributed by atoms with E-state index in [9.17, 15) is 28.7 Å². The molecule has 10 nitrogen and oxygen atoms in total. The lowest BCUT2D eigenvalue weighted by molar-refractivity contribution is -0.170. The van der Waals surface area contributed by atoms with Crippen molar-refractivity contribution < 1.29 is 33.4 Å². The van der Waals surface area contributed by atoms with Gasteiger partial charge in [0.15, 0.2) is 0 Å². The smallest absolute Gasteiger partial charge is 0.411 e. The van der Waals surface area contributed by atoms with Crippen LogP contribution in [0.4, 0.5) is 19.7 Å². The molecule has 6 rings (SSSR count). The number of carbonyl (C=O) groups excluding carboxylic acids is 4. The normalized spacial score (nSPS) is 25.7. The van der Waals surface area contributed by atoms with Gasteiger partial charge in [-0.05, 0) is 72.9 Å². The van der Waals surface area contributed by atoms with E-state index in [1.165, 1.54) is 11.0 Å². The number of nitrogens with zero attached hydrogens (tertiary/aromatic N) is 2. The predicted octanol–water partition coefficient (Wildman–Crippen LogP) is 2.77. The van der Waals surface area contributed by atoms with Crippen molar-refractivity contribution in [2.24, 2.45) is 5.92 Å². The zero-order valence-electron chi connectivity index (χ0n) is 21.5. The molecule has 39 heavy (non-hydrogen) atoms. The number of urea groups is 1. The van der Waals surface area contributed by atoms with Crippen LogP contribution in [0.1, 0.15) is 47.9 Å². The molecule has 11 heteroatoms. The second kappa shape index (κ2) is 9.04. The van der Waals surface area contributed by atoms with Crippen LogP contribution in [0.2, 0.25) is 0 Å². The maximum absolute atomic E-state index is 14.9. The first-order valence-electron chi connectivity index (χ1n) is 13.1. The highest BCUT2D eigenvalue weighted by Crippen LogP contribution is 2.47. The number of hydrogen-bond donors (Lipinski definition) is 3. The molecular weight excluding hydrogens is 507 g/mol. The van der Waals surface area contributed by atoms with E-state index in [4.69, 9.17) is 0 Å². The number of carbonyl (C=O) groups is 4. The molecule has 1 spiro atoms. The molecule has 0 aromatic heterocycles. The molecule has 2 aromatic carbocycles. The summed E-state index contributed by atoms with van der Waals surface area (Å²) in [4.78, 5) is 54.4. The molecule has 0 bridgehead atoms. The van der Waals surface area contributed by atoms with Gasteiger partial charge >= 0.3 is 12.1 Å². The van der Waals surface area contributed by atoms with Gasteiger partial charge in [-0.2, -0.15) is 0 Å². The summed E-state index contributed by atoms with van der Waals surface area (Å²) >= 11 is 0. The Morgan fingerprint density at radius 3 is 2.56 bits per heavy atom. The second-order valence-electron chi connectivity index (χ2n) is 10.7. The number of aryl methyl sites for hydroxylation is 2. The summed E-state index contributed by atoms with van der Waals surface area (Å²) in [5.41, 5.74) is -0.0885. The maximum atomic E-state index is 14.9. The van der Waals surface area contributed by atoms with Gasteiger partial charge in [0.2, 0.25) is 5.91 Å². The molecule has 1 saturated heterocycles. The van der Waals surface area contributed by atoms with Crippen molar-refractivity contribution in [3.63, 3.8) is 0 Å². The third-order valence-electron chi connectivity index (χ3n) is 8.52. The summed E-state index contributed by atoms with van der Waals surface area (Å²) in [5.74, 6) is -2.00. The summed E-state index contributed by atoms with van der Waals surface area (Å²) < 4.78 is 19.4. The Morgan fingerprint density at radius 2 is 1.85 bits per heavy atom. The van der Waals surface area contributed by atoms with E-state index in [-0.39, 0.29) is 24.6 Å². The molecule has 1 unspecified atom stereocenters. The fourth-order valence-electron chi connectivity index (χ4n) is 6.27. The Kier molecular flexibility index (Phi) is 5.87. The molecule has 3 N–H and O–H groups in total. The molecule has 5 amide bonds. The molecule has 2 atom stereocenters. The number of fused-ring (bicyclic) bond motifs is 3. The number of benzene rings is 2. The van der Waals surface area contributed by atoms with E-state index < -0.39 is 47.6 Å². The van der Waals surface area contributed by atoms with Crippen LogP contribution < -0.4 is 10.6 Å². The third-order valence-corrected chi connectivity index (χ3v) is 8.52. The van der Waals surface area contributed by atoms with Gasteiger partial charge in [-0.3, -0.25) is 19.8 Å². The standard InChI is InChI=1S/C28H29FN4O6/c1-39-26(37)30-22-12-17-8-10-27(20(17)13-21(22)29)24(35)32(25(36)31-27)15-23(34)33-14-18-5-3-2-4-16(18)9-11-28(33,38)19-6-7-19/h2-5,12-13,19,38H,6-11,14-15H2,1H3,(H,30,37)(H,31,36)/t27?,28-/m0/s1. The topological polar surface area (TPSA) is 128 Å². The molecule has 2 heterocycles. The van der Waals surface area contributed by atoms with Crippen LogP contribution in [0, 0.1) is 11.7 Å². The summed E-state index contributed by atoms with van der Waals surface area (Å²) in [7, 11) is 1.16. The van der Waals surface area contributed by atoms with Gasteiger partial charge in [0, 0.05) is 12.5 Å². The molecule has 2 aliphatic carbocycles. The Balaban J connectivity index is 1.27. The van der Waals surface area contributed by atoms with E-state index in [2.05, 4.69) is 15.4 Å². The highest BCUT2D eigenvalue weighted by atomic mass is 19.1. The van der Waals surface area contributed by atoms with E-state index >= 15 is 0 Å². The van der Waals surface area contributed by atoms with Gasteiger partial charge in [0.05, 0.1) is 12.8 Å². The van der Waals surface area contributed by atoms with Crippen molar-refractivity contribution in [3.8, 4) is 0 Å². The molecule has 4 aliphatic rings. The number of anilines is 1. The number of nitrogens with one attached hydrogen (secondary N) is 2. The van der Waals surface area contributed by atoms with Crippen molar-refractivity contribution in [2.75, 3.05) is 19.0 Å². The van der Waals surface area contributed by atoms with Gasteiger partial charge in [0.1, 0.15) is 23.6 Å². The van der Waals surface area contributed by atoms with Crippen molar-refractivity contribution in [3.05, 3.63) is 64.5 Å². The van der Waals surface area contributed by atoms with Gasteiger partial charge in [-0.15, -0.1) is 0 Å². The molecule has 2 aliphatic heterocycles.